The number of halogens is 2. The average molecular weight is 396 g/mol. The highest BCUT2D eigenvalue weighted by atomic mass is 35.5. The number of aromatic amines is 1. The van der Waals surface area contributed by atoms with E-state index in [9.17, 15) is 4.39 Å². The van der Waals surface area contributed by atoms with Crippen LogP contribution in [0.3, 0.4) is 0 Å². The highest BCUT2D eigenvalue weighted by molar-refractivity contribution is 8.02. The van der Waals surface area contributed by atoms with E-state index in [4.69, 9.17) is 16.3 Å². The molecule has 25 heavy (non-hydrogen) atoms. The van der Waals surface area contributed by atoms with Crippen LogP contribution in [0.2, 0.25) is 5.02 Å². The molecule has 0 radical (unpaired) electrons. The van der Waals surface area contributed by atoms with E-state index in [1.165, 1.54) is 29.6 Å². The summed E-state index contributed by atoms with van der Waals surface area (Å²) in [5, 5.41) is 8.34. The van der Waals surface area contributed by atoms with Crippen LogP contribution in [0.4, 0.5) is 4.39 Å². The zero-order valence-corrected chi connectivity index (χ0v) is 15.7. The molecule has 130 valence electrons. The summed E-state index contributed by atoms with van der Waals surface area (Å²) < 4.78 is 18.9. The Hall–Kier alpha value is -1.70. The van der Waals surface area contributed by atoms with Crippen molar-refractivity contribution < 1.29 is 9.13 Å². The molecule has 8 heteroatoms. The molecule has 0 aliphatic rings. The van der Waals surface area contributed by atoms with Crippen molar-refractivity contribution in [3.8, 4) is 17.1 Å². The highest BCUT2D eigenvalue weighted by Crippen LogP contribution is 2.31. The van der Waals surface area contributed by atoms with Crippen LogP contribution in [-0.4, -0.2) is 33.8 Å². The fourth-order valence-electron chi connectivity index (χ4n) is 2.14. The Bertz CT molecular complexity index is 859. The Morgan fingerprint density at radius 2 is 1.96 bits per heavy atom. The molecule has 1 N–H and O–H groups in total. The van der Waals surface area contributed by atoms with Gasteiger partial charge in [0, 0.05) is 21.4 Å². The summed E-state index contributed by atoms with van der Waals surface area (Å²) in [4.78, 5) is 5.12. The van der Waals surface area contributed by atoms with Gasteiger partial charge in [-0.3, -0.25) is 5.10 Å². The summed E-state index contributed by atoms with van der Waals surface area (Å²) >= 11 is 9.03. The van der Waals surface area contributed by atoms with Crippen LogP contribution in [-0.2, 0) is 0 Å². The van der Waals surface area contributed by atoms with Gasteiger partial charge in [-0.25, -0.2) is 9.37 Å². The van der Waals surface area contributed by atoms with Crippen LogP contribution in [0.5, 0.6) is 5.75 Å². The number of nitrogens with zero attached hydrogens (tertiary/aromatic N) is 2. The second-order valence-corrected chi connectivity index (χ2v) is 7.57. The fourth-order valence-corrected chi connectivity index (χ4v) is 4.03. The second kappa shape index (κ2) is 8.60. The normalized spacial score (nSPS) is 10.8. The summed E-state index contributed by atoms with van der Waals surface area (Å²) in [6, 6.07) is 12.1. The average Bonchev–Trinajstić information content (AvgIpc) is 3.09. The van der Waals surface area contributed by atoms with E-state index in [1.54, 1.807) is 37.4 Å². The molecule has 1 aromatic heterocycles. The lowest BCUT2D eigenvalue weighted by molar-refractivity contribution is 0.416. The third-order valence-corrected chi connectivity index (χ3v) is 5.68. The molecule has 0 bridgehead atoms. The maximum absolute atomic E-state index is 13.6. The maximum atomic E-state index is 13.6. The molecule has 0 amide bonds. The minimum Gasteiger partial charge on any atom is -0.496 e. The van der Waals surface area contributed by atoms with Gasteiger partial charge in [-0.1, -0.05) is 35.5 Å². The molecule has 0 aliphatic heterocycles. The first kappa shape index (κ1) is 18.1. The van der Waals surface area contributed by atoms with E-state index in [0.29, 0.717) is 26.6 Å². The van der Waals surface area contributed by atoms with E-state index < -0.39 is 0 Å². The van der Waals surface area contributed by atoms with Crippen molar-refractivity contribution in [3.05, 3.63) is 53.3 Å². The summed E-state index contributed by atoms with van der Waals surface area (Å²) in [7, 11) is 1.60. The zero-order valence-electron chi connectivity index (χ0n) is 13.3. The number of nitrogens with one attached hydrogen (secondary N) is 1. The monoisotopic (exact) mass is 395 g/mol. The van der Waals surface area contributed by atoms with Crippen molar-refractivity contribution >= 4 is 35.1 Å². The first-order valence-corrected chi connectivity index (χ1v) is 9.78. The molecule has 3 rings (SSSR count). The Morgan fingerprint density at radius 3 is 2.76 bits per heavy atom. The number of aromatic nitrogens is 3. The third-order valence-electron chi connectivity index (χ3n) is 3.29. The molecule has 0 unspecified atom stereocenters. The number of methoxy groups -OCH3 is 1. The van der Waals surface area contributed by atoms with Gasteiger partial charge >= 0.3 is 0 Å². The van der Waals surface area contributed by atoms with Crippen molar-refractivity contribution in [1.29, 1.82) is 0 Å². The summed E-state index contributed by atoms with van der Waals surface area (Å²) in [5.74, 6) is 2.61. The predicted molar refractivity (Wildman–Crippen MR) is 101 cm³/mol. The van der Waals surface area contributed by atoms with Crippen LogP contribution in [0.1, 0.15) is 0 Å². The minimum atomic E-state index is -0.189. The van der Waals surface area contributed by atoms with Gasteiger partial charge in [0.25, 0.3) is 0 Å². The van der Waals surface area contributed by atoms with Gasteiger partial charge in [0.15, 0.2) is 5.82 Å². The van der Waals surface area contributed by atoms with E-state index >= 15 is 0 Å². The summed E-state index contributed by atoms with van der Waals surface area (Å²) in [5.41, 5.74) is 0.759. The molecule has 2 aromatic carbocycles. The molecule has 0 saturated carbocycles. The third kappa shape index (κ3) is 4.68. The van der Waals surface area contributed by atoms with E-state index in [2.05, 4.69) is 15.2 Å². The SMILES string of the molecule is COc1ccc(Cl)cc1-c1nc(SCCSc2ccccc2F)n[nH]1. The largest absolute Gasteiger partial charge is 0.496 e. The second-order valence-electron chi connectivity index (χ2n) is 4.94. The Balaban J connectivity index is 1.59. The molecule has 0 atom stereocenters. The molecular formula is C17H15ClFN3OS2. The van der Waals surface area contributed by atoms with Crippen molar-refractivity contribution in [2.24, 2.45) is 0 Å². The van der Waals surface area contributed by atoms with Crippen LogP contribution in [0.15, 0.2) is 52.5 Å². The number of ether oxygens (including phenoxy) is 1. The van der Waals surface area contributed by atoms with Gasteiger partial charge in [0.1, 0.15) is 11.6 Å². The number of hydrogen-bond donors (Lipinski definition) is 1. The van der Waals surface area contributed by atoms with Crippen molar-refractivity contribution in [3.63, 3.8) is 0 Å². The van der Waals surface area contributed by atoms with Crippen LogP contribution < -0.4 is 4.74 Å². The molecule has 0 saturated heterocycles. The number of benzene rings is 2. The molecule has 4 nitrogen and oxygen atoms in total. The minimum absolute atomic E-state index is 0.189. The first-order valence-electron chi connectivity index (χ1n) is 7.44. The number of H-pyrrole nitrogens is 1. The maximum Gasteiger partial charge on any atom is 0.208 e. The summed E-state index contributed by atoms with van der Waals surface area (Å²) in [6.45, 7) is 0. The lowest BCUT2D eigenvalue weighted by Crippen LogP contribution is -1.89. The fraction of sp³-hybridized carbons (Fsp3) is 0.176. The Morgan fingerprint density at radius 1 is 1.16 bits per heavy atom. The number of thioether (sulfide) groups is 2. The lowest BCUT2D eigenvalue weighted by Gasteiger charge is -2.05. The van der Waals surface area contributed by atoms with Gasteiger partial charge in [0.2, 0.25) is 5.16 Å². The van der Waals surface area contributed by atoms with Crippen LogP contribution >= 0.6 is 35.1 Å². The van der Waals surface area contributed by atoms with Crippen LogP contribution in [0.25, 0.3) is 11.4 Å². The molecule has 0 aliphatic carbocycles. The zero-order chi connectivity index (χ0) is 17.6. The first-order chi connectivity index (χ1) is 12.2. The van der Waals surface area contributed by atoms with Crippen molar-refractivity contribution in [1.82, 2.24) is 15.2 Å². The quantitative estimate of drug-likeness (QED) is 0.442. The standard InChI is InChI=1S/C17H15ClFN3OS2/c1-23-14-7-6-11(18)10-12(14)16-20-17(22-21-16)25-9-8-24-15-5-3-2-4-13(15)19/h2-7,10H,8-9H2,1H3,(H,20,21,22). The Labute approximate surface area is 158 Å². The van der Waals surface area contributed by atoms with Gasteiger partial charge in [-0.05, 0) is 30.3 Å². The van der Waals surface area contributed by atoms with Crippen LogP contribution in [0, 0.1) is 5.82 Å². The predicted octanol–water partition coefficient (Wildman–Crippen LogP) is 5.16. The van der Waals surface area contributed by atoms with Crippen molar-refractivity contribution in [2.45, 2.75) is 10.1 Å². The number of hydrogen-bond acceptors (Lipinski definition) is 5. The summed E-state index contributed by atoms with van der Waals surface area (Å²) in [6.07, 6.45) is 0. The molecule has 1 heterocycles. The van der Waals surface area contributed by atoms with E-state index in [0.717, 1.165) is 17.1 Å². The smallest absolute Gasteiger partial charge is 0.208 e. The number of rotatable bonds is 7. The Kier molecular flexibility index (Phi) is 6.23. The molecule has 0 spiro atoms. The van der Waals surface area contributed by atoms with E-state index in [1.807, 2.05) is 6.07 Å². The van der Waals surface area contributed by atoms with Crippen molar-refractivity contribution in [2.75, 3.05) is 18.6 Å². The molecular weight excluding hydrogens is 381 g/mol. The molecule has 3 aromatic rings. The van der Waals surface area contributed by atoms with Gasteiger partial charge < -0.3 is 4.74 Å². The van der Waals surface area contributed by atoms with Gasteiger partial charge in [-0.15, -0.1) is 16.9 Å². The van der Waals surface area contributed by atoms with E-state index in [-0.39, 0.29) is 5.82 Å². The van der Waals surface area contributed by atoms with Gasteiger partial charge in [-0.2, -0.15) is 0 Å². The van der Waals surface area contributed by atoms with Gasteiger partial charge in [0.05, 0.1) is 12.7 Å². The molecule has 0 fully saturated rings. The highest BCUT2D eigenvalue weighted by Gasteiger charge is 2.12. The lowest BCUT2D eigenvalue weighted by atomic mass is 10.2. The topological polar surface area (TPSA) is 50.8 Å².